The van der Waals surface area contributed by atoms with Crippen LogP contribution in [0.15, 0.2) is 0 Å². The average Bonchev–Trinajstić information content (AvgIpc) is 2.57. The van der Waals surface area contributed by atoms with Crippen LogP contribution in [0.4, 0.5) is 0 Å². The van der Waals surface area contributed by atoms with Gasteiger partial charge in [0.2, 0.25) is 5.91 Å². The van der Waals surface area contributed by atoms with Crippen LogP contribution in [0.3, 0.4) is 0 Å². The summed E-state index contributed by atoms with van der Waals surface area (Å²) in [4.78, 5) is 13.5. The molecule has 1 N–H and O–H groups in total. The quantitative estimate of drug-likeness (QED) is 0.721. The van der Waals surface area contributed by atoms with E-state index in [0.717, 1.165) is 6.54 Å². The van der Waals surface area contributed by atoms with E-state index < -0.39 is 9.84 Å². The normalized spacial score (nSPS) is 23.2. The lowest BCUT2D eigenvalue weighted by Gasteiger charge is -2.26. The van der Waals surface area contributed by atoms with Crippen molar-refractivity contribution in [1.82, 2.24) is 10.2 Å². The second-order valence-electron chi connectivity index (χ2n) is 4.02. The number of carbonyl (C=O) groups excluding carboxylic acids is 1. The summed E-state index contributed by atoms with van der Waals surface area (Å²) in [5.74, 6) is 0.327. The van der Waals surface area contributed by atoms with Crippen LogP contribution in [-0.4, -0.2) is 56.4 Å². The fourth-order valence-electron chi connectivity index (χ4n) is 1.99. The zero-order valence-electron chi connectivity index (χ0n) is 9.90. The molecule has 0 aromatic rings. The van der Waals surface area contributed by atoms with E-state index >= 15 is 0 Å². The van der Waals surface area contributed by atoms with Crippen LogP contribution >= 0.6 is 0 Å². The van der Waals surface area contributed by atoms with Crippen LogP contribution in [0.2, 0.25) is 0 Å². The van der Waals surface area contributed by atoms with E-state index in [4.69, 9.17) is 0 Å². The average molecular weight is 248 g/mol. The number of nitrogens with zero attached hydrogens (tertiary/aromatic N) is 1. The Morgan fingerprint density at radius 3 is 2.56 bits per heavy atom. The van der Waals surface area contributed by atoms with Gasteiger partial charge in [0.05, 0.1) is 18.1 Å². The van der Waals surface area contributed by atoms with Gasteiger partial charge in [-0.2, -0.15) is 0 Å². The van der Waals surface area contributed by atoms with Crippen molar-refractivity contribution in [1.29, 1.82) is 0 Å². The Balaban J connectivity index is 2.58. The molecular formula is C10H20N2O3S. The van der Waals surface area contributed by atoms with Crippen molar-refractivity contribution < 1.29 is 13.2 Å². The number of amides is 1. The van der Waals surface area contributed by atoms with Gasteiger partial charge in [-0.15, -0.1) is 0 Å². The Hall–Kier alpha value is -0.620. The molecule has 1 aliphatic heterocycles. The molecule has 0 radical (unpaired) electrons. The first-order chi connectivity index (χ1) is 7.50. The maximum Gasteiger partial charge on any atom is 0.236 e. The Labute approximate surface area is 97.1 Å². The number of nitrogens with one attached hydrogen (secondary N) is 1. The van der Waals surface area contributed by atoms with Crippen molar-refractivity contribution in [3.8, 4) is 0 Å². The highest BCUT2D eigenvalue weighted by Gasteiger charge is 2.33. The summed E-state index contributed by atoms with van der Waals surface area (Å²) in [6.07, 6.45) is 0.577. The van der Waals surface area contributed by atoms with Crippen molar-refractivity contribution in [2.75, 3.05) is 31.1 Å². The second-order valence-corrected chi connectivity index (χ2v) is 6.25. The molecule has 1 aliphatic rings. The number of sulfone groups is 1. The minimum absolute atomic E-state index is 0.00792. The third-order valence-electron chi connectivity index (χ3n) is 2.84. The molecule has 1 amide bonds. The summed E-state index contributed by atoms with van der Waals surface area (Å²) >= 11 is 0. The van der Waals surface area contributed by atoms with Crippen molar-refractivity contribution in [2.24, 2.45) is 0 Å². The SMILES string of the molecule is CCNCC(=O)N(CC)C1CCS(=O)(=O)C1. The van der Waals surface area contributed by atoms with Crippen molar-refractivity contribution >= 4 is 15.7 Å². The minimum atomic E-state index is -2.92. The lowest BCUT2D eigenvalue weighted by atomic mass is 10.2. The number of carbonyl (C=O) groups is 1. The summed E-state index contributed by atoms with van der Waals surface area (Å²) < 4.78 is 22.7. The molecule has 94 valence electrons. The maximum atomic E-state index is 11.8. The predicted molar refractivity (Wildman–Crippen MR) is 63.0 cm³/mol. The van der Waals surface area contributed by atoms with Gasteiger partial charge in [0.1, 0.15) is 0 Å². The minimum Gasteiger partial charge on any atom is -0.338 e. The number of hydrogen-bond acceptors (Lipinski definition) is 4. The molecule has 0 spiro atoms. The van der Waals surface area contributed by atoms with Gasteiger partial charge in [0.15, 0.2) is 9.84 Å². The molecule has 5 nitrogen and oxygen atoms in total. The van der Waals surface area contributed by atoms with Crippen molar-refractivity contribution in [3.05, 3.63) is 0 Å². The highest BCUT2D eigenvalue weighted by Crippen LogP contribution is 2.17. The number of hydrogen-bond donors (Lipinski definition) is 1. The topological polar surface area (TPSA) is 66.5 Å². The predicted octanol–water partition coefficient (Wildman–Crippen LogP) is -0.368. The Kier molecular flexibility index (Phi) is 4.73. The molecule has 6 heteroatoms. The highest BCUT2D eigenvalue weighted by atomic mass is 32.2. The first kappa shape index (κ1) is 13.4. The van der Waals surface area contributed by atoms with E-state index in [9.17, 15) is 13.2 Å². The third kappa shape index (κ3) is 3.45. The molecule has 1 heterocycles. The van der Waals surface area contributed by atoms with Crippen LogP contribution in [0.5, 0.6) is 0 Å². The Bertz CT molecular complexity index is 340. The van der Waals surface area contributed by atoms with Crippen LogP contribution < -0.4 is 5.32 Å². The molecule has 1 atom stereocenters. The smallest absolute Gasteiger partial charge is 0.236 e. The van der Waals surface area contributed by atoms with Gasteiger partial charge >= 0.3 is 0 Å². The van der Waals surface area contributed by atoms with Crippen LogP contribution in [0.1, 0.15) is 20.3 Å². The van der Waals surface area contributed by atoms with Crippen molar-refractivity contribution in [2.45, 2.75) is 26.3 Å². The maximum absolute atomic E-state index is 11.8. The number of rotatable bonds is 5. The molecule has 1 fully saturated rings. The van der Waals surface area contributed by atoms with E-state index in [-0.39, 0.29) is 23.5 Å². The van der Waals surface area contributed by atoms with Gasteiger partial charge in [-0.1, -0.05) is 6.92 Å². The summed E-state index contributed by atoms with van der Waals surface area (Å²) in [6, 6.07) is -0.124. The summed E-state index contributed by atoms with van der Waals surface area (Å²) in [5.41, 5.74) is 0. The second kappa shape index (κ2) is 5.63. The van der Waals surface area contributed by atoms with Gasteiger partial charge in [-0.05, 0) is 19.9 Å². The molecule has 1 saturated heterocycles. The van der Waals surface area contributed by atoms with Crippen LogP contribution in [0.25, 0.3) is 0 Å². The highest BCUT2D eigenvalue weighted by molar-refractivity contribution is 7.91. The summed E-state index contributed by atoms with van der Waals surface area (Å²) in [6.45, 7) is 5.43. The fraction of sp³-hybridized carbons (Fsp3) is 0.900. The van der Waals surface area contributed by atoms with E-state index in [1.165, 1.54) is 0 Å². The first-order valence-electron chi connectivity index (χ1n) is 5.70. The molecule has 1 rings (SSSR count). The van der Waals surface area contributed by atoms with E-state index in [1.807, 2.05) is 13.8 Å². The molecule has 0 bridgehead atoms. The van der Waals surface area contributed by atoms with Gasteiger partial charge < -0.3 is 10.2 Å². The zero-order chi connectivity index (χ0) is 12.2. The van der Waals surface area contributed by atoms with Gasteiger partial charge in [-0.25, -0.2) is 8.42 Å². The lowest BCUT2D eigenvalue weighted by Crippen LogP contribution is -2.45. The largest absolute Gasteiger partial charge is 0.338 e. The molecule has 16 heavy (non-hydrogen) atoms. The van der Waals surface area contributed by atoms with Gasteiger partial charge in [-0.3, -0.25) is 4.79 Å². The molecule has 1 unspecified atom stereocenters. The Morgan fingerprint density at radius 1 is 1.44 bits per heavy atom. The molecule has 0 aliphatic carbocycles. The van der Waals surface area contributed by atoms with E-state index in [2.05, 4.69) is 5.32 Å². The zero-order valence-corrected chi connectivity index (χ0v) is 10.7. The summed E-state index contributed by atoms with van der Waals surface area (Å²) in [5, 5.41) is 2.97. The monoisotopic (exact) mass is 248 g/mol. The van der Waals surface area contributed by atoms with E-state index in [1.54, 1.807) is 4.90 Å². The van der Waals surface area contributed by atoms with Crippen LogP contribution in [-0.2, 0) is 14.6 Å². The molecule has 0 aromatic heterocycles. The van der Waals surface area contributed by atoms with E-state index in [0.29, 0.717) is 19.5 Å². The van der Waals surface area contributed by atoms with Crippen molar-refractivity contribution in [3.63, 3.8) is 0 Å². The standard InChI is InChI=1S/C10H20N2O3S/c1-3-11-7-10(13)12(4-2)9-5-6-16(14,15)8-9/h9,11H,3-8H2,1-2H3. The molecule has 0 aromatic carbocycles. The number of likely N-dealkylation sites (N-methyl/N-ethyl adjacent to an activating group) is 2. The molecular weight excluding hydrogens is 228 g/mol. The lowest BCUT2D eigenvalue weighted by molar-refractivity contribution is -0.131. The Morgan fingerprint density at radius 2 is 2.12 bits per heavy atom. The van der Waals surface area contributed by atoms with Crippen LogP contribution in [0, 0.1) is 0 Å². The summed E-state index contributed by atoms with van der Waals surface area (Å²) in [7, 11) is -2.92. The fourth-order valence-corrected chi connectivity index (χ4v) is 3.72. The first-order valence-corrected chi connectivity index (χ1v) is 7.53. The molecule has 0 saturated carbocycles. The van der Waals surface area contributed by atoms with Gasteiger partial charge in [0, 0.05) is 12.6 Å². The third-order valence-corrected chi connectivity index (χ3v) is 4.59. The van der Waals surface area contributed by atoms with Gasteiger partial charge in [0.25, 0.3) is 0 Å².